The first kappa shape index (κ1) is 43.8. The summed E-state index contributed by atoms with van der Waals surface area (Å²) < 4.78 is 32.0. The van der Waals surface area contributed by atoms with Gasteiger partial charge in [-0.25, -0.2) is 0 Å². The molecule has 350 valence electrons. The highest BCUT2D eigenvalue weighted by Gasteiger charge is 2.50. The molecule has 0 radical (unpaired) electrons. The number of aliphatic hydroxyl groups is 3. The number of hydrogen-bond donors (Lipinski definition) is 6. The van der Waals surface area contributed by atoms with E-state index in [0.29, 0.717) is 58.6 Å². The fourth-order valence-electron chi connectivity index (χ4n) is 12.9. The van der Waals surface area contributed by atoms with Crippen LogP contribution in [0.15, 0.2) is 78.9 Å². The Morgan fingerprint density at radius 2 is 1.48 bits per heavy atom. The molecule has 11 rings (SSSR count). The zero-order valence-corrected chi connectivity index (χ0v) is 38.6. The summed E-state index contributed by atoms with van der Waals surface area (Å²) in [7, 11) is 3.18. The lowest BCUT2D eigenvalue weighted by atomic mass is 9.68. The van der Waals surface area contributed by atoms with Gasteiger partial charge in [-0.2, -0.15) is 0 Å². The monoisotopic (exact) mass is 906 g/mol. The van der Waals surface area contributed by atoms with E-state index in [2.05, 4.69) is 78.2 Å². The highest BCUT2D eigenvalue weighted by atomic mass is 16.5. The van der Waals surface area contributed by atoms with Gasteiger partial charge >= 0.3 is 0 Å². The van der Waals surface area contributed by atoms with Crippen molar-refractivity contribution in [3.05, 3.63) is 123 Å². The van der Waals surface area contributed by atoms with Crippen molar-refractivity contribution < 1.29 is 44.1 Å². The normalized spacial score (nSPS) is 25.3. The Morgan fingerprint density at radius 3 is 2.16 bits per heavy atom. The standard InChI is InChI=1S/C56H62N2O9/c1-4-57-56(19-11-6-12-20-56)67-45-26-43(63-2)39-17-18-40-48-42(58-54(62)51(45)50(39)48)25-44-49(40)52(60)41(31-66-44)34-23-46(64-3)53(61)47(24-34)65-30-38(29-59)55(37-15-7-5-8-16-37)27-35-21-32-13-9-10-14-33(32)22-36(35)28-55/h5,7-10,13-16,21-26,35-36,38,41,52,54,57-62H,4,6,11-12,17-20,27-31H2,1-3H3. The Balaban J connectivity index is 0.926. The molecule has 2 fully saturated rings. The van der Waals surface area contributed by atoms with Gasteiger partial charge in [0.2, 0.25) is 5.75 Å². The summed E-state index contributed by atoms with van der Waals surface area (Å²) in [6.45, 7) is 3.03. The largest absolute Gasteiger partial charge is 0.502 e. The van der Waals surface area contributed by atoms with Crippen molar-refractivity contribution in [3.8, 4) is 45.6 Å². The van der Waals surface area contributed by atoms with Crippen molar-refractivity contribution in [1.82, 2.24) is 5.32 Å². The van der Waals surface area contributed by atoms with E-state index < -0.39 is 24.0 Å². The molecule has 0 amide bonds. The third kappa shape index (κ3) is 7.32. The molecule has 2 heterocycles. The Hall–Kier alpha value is -5.72. The summed E-state index contributed by atoms with van der Waals surface area (Å²) in [4.78, 5) is 0. The van der Waals surface area contributed by atoms with E-state index in [9.17, 15) is 20.4 Å². The number of fused-ring (bicyclic) bond motifs is 4. The zero-order valence-electron chi connectivity index (χ0n) is 38.6. The summed E-state index contributed by atoms with van der Waals surface area (Å²) >= 11 is 0. The van der Waals surface area contributed by atoms with Gasteiger partial charge in [-0.1, -0.05) is 80.1 Å². The molecule has 6 atom stereocenters. The van der Waals surface area contributed by atoms with Crippen molar-refractivity contribution >= 4 is 17.8 Å². The Labute approximate surface area is 392 Å². The number of benzene rings is 5. The molecule has 2 saturated carbocycles. The van der Waals surface area contributed by atoms with Crippen LogP contribution in [0.3, 0.4) is 0 Å². The van der Waals surface area contributed by atoms with Crippen LogP contribution in [0.4, 0.5) is 5.69 Å². The van der Waals surface area contributed by atoms with Gasteiger partial charge in [0.25, 0.3) is 0 Å². The third-order valence-electron chi connectivity index (χ3n) is 16.1. The van der Waals surface area contributed by atoms with Gasteiger partial charge in [-0.3, -0.25) is 5.32 Å². The smallest absolute Gasteiger partial charge is 0.200 e. The van der Waals surface area contributed by atoms with Crippen molar-refractivity contribution in [1.29, 1.82) is 0 Å². The minimum atomic E-state index is -1.04. The summed E-state index contributed by atoms with van der Waals surface area (Å²) in [5, 5.41) is 56.9. The third-order valence-corrected chi connectivity index (χ3v) is 16.1. The van der Waals surface area contributed by atoms with Crippen molar-refractivity contribution in [2.45, 2.75) is 94.1 Å². The molecular weight excluding hydrogens is 845 g/mol. The number of phenols is 1. The lowest BCUT2D eigenvalue weighted by molar-refractivity contribution is -0.00334. The van der Waals surface area contributed by atoms with E-state index in [0.717, 1.165) is 79.4 Å². The van der Waals surface area contributed by atoms with Crippen LogP contribution in [0.5, 0.6) is 34.5 Å². The first-order chi connectivity index (χ1) is 32.7. The van der Waals surface area contributed by atoms with Gasteiger partial charge in [0, 0.05) is 76.8 Å². The predicted octanol–water partition coefficient (Wildman–Crippen LogP) is 7.68. The topological polar surface area (TPSA) is 151 Å². The van der Waals surface area contributed by atoms with Gasteiger partial charge in [-0.05, 0) is 96.2 Å². The molecule has 11 heteroatoms. The first-order valence-corrected chi connectivity index (χ1v) is 24.3. The molecule has 4 aliphatic carbocycles. The molecule has 0 aromatic heterocycles. The molecule has 5 aromatic rings. The second-order valence-corrected chi connectivity index (χ2v) is 19.6. The SMILES string of the molecule is CCNC1(Oc2cc(OC)c3c4c2C(O)Nc2cc5c(c(c2-4)CC3)C(O)C(c2cc(OC)c(O)c(OCC(CO)C3(c4ccccc4)CC4C=c6ccccc6=CC4C3)c2)CO5)CCCCC1. The number of phenolic OH excluding ortho intramolecular Hbond substituents is 1. The van der Waals surface area contributed by atoms with Crippen molar-refractivity contribution in [3.63, 3.8) is 0 Å². The van der Waals surface area contributed by atoms with Crippen molar-refractivity contribution in [2.24, 2.45) is 17.8 Å². The van der Waals surface area contributed by atoms with Gasteiger partial charge in [0.05, 0.1) is 39.1 Å². The highest BCUT2D eigenvalue weighted by Crippen LogP contribution is 2.59. The number of aliphatic hydroxyl groups excluding tert-OH is 3. The molecule has 11 nitrogen and oxygen atoms in total. The van der Waals surface area contributed by atoms with E-state index in [4.69, 9.17) is 23.7 Å². The van der Waals surface area contributed by atoms with Gasteiger partial charge in [0.15, 0.2) is 23.5 Å². The minimum absolute atomic E-state index is 0.106. The summed E-state index contributed by atoms with van der Waals surface area (Å²) in [6.07, 6.45) is 10.7. The fourth-order valence-corrected chi connectivity index (χ4v) is 12.9. The van der Waals surface area contributed by atoms with Crippen LogP contribution in [0.1, 0.15) is 103 Å². The molecule has 2 aliphatic heterocycles. The van der Waals surface area contributed by atoms with E-state index in [1.165, 1.54) is 23.1 Å². The quantitative estimate of drug-likeness (QED) is 0.0647. The molecule has 5 aromatic carbocycles. The first-order valence-electron chi connectivity index (χ1n) is 24.3. The predicted molar refractivity (Wildman–Crippen MR) is 257 cm³/mol. The summed E-state index contributed by atoms with van der Waals surface area (Å²) in [6, 6.07) is 26.4. The number of aromatic hydroxyl groups is 1. The van der Waals surface area contributed by atoms with Crippen LogP contribution in [0, 0.1) is 17.8 Å². The van der Waals surface area contributed by atoms with E-state index >= 15 is 0 Å². The Morgan fingerprint density at radius 1 is 0.791 bits per heavy atom. The molecule has 67 heavy (non-hydrogen) atoms. The summed E-state index contributed by atoms with van der Waals surface area (Å²) in [5.41, 5.74) is 6.76. The molecular formula is C56H62N2O9. The Kier molecular flexibility index (Phi) is 11.4. The average Bonchev–Trinajstić information content (AvgIpc) is 3.73. The fraction of sp³-hybridized carbons (Fsp3) is 0.429. The number of anilines is 1. The Bertz CT molecular complexity index is 2770. The number of nitrogens with one attached hydrogen (secondary N) is 2. The molecule has 6 N–H and O–H groups in total. The lowest BCUT2D eigenvalue weighted by Gasteiger charge is -2.42. The zero-order chi connectivity index (χ0) is 46.0. The van der Waals surface area contributed by atoms with Crippen LogP contribution in [0.25, 0.3) is 23.3 Å². The molecule has 0 bridgehead atoms. The van der Waals surface area contributed by atoms with Crippen LogP contribution in [0.2, 0.25) is 0 Å². The molecule has 0 saturated heterocycles. The number of ether oxygens (including phenoxy) is 5. The van der Waals surface area contributed by atoms with Crippen LogP contribution in [-0.4, -0.2) is 66.7 Å². The van der Waals surface area contributed by atoms with Crippen LogP contribution >= 0.6 is 0 Å². The maximum Gasteiger partial charge on any atom is 0.200 e. The number of rotatable bonds is 13. The number of methoxy groups -OCH3 is 2. The van der Waals surface area contributed by atoms with E-state index in [1.807, 2.05) is 18.2 Å². The highest BCUT2D eigenvalue weighted by molar-refractivity contribution is 5.93. The van der Waals surface area contributed by atoms with Gasteiger partial charge < -0.3 is 49.4 Å². The molecule has 6 unspecified atom stereocenters. The van der Waals surface area contributed by atoms with Crippen LogP contribution < -0.4 is 44.8 Å². The minimum Gasteiger partial charge on any atom is -0.502 e. The van der Waals surface area contributed by atoms with Crippen LogP contribution in [-0.2, 0) is 18.3 Å². The summed E-state index contributed by atoms with van der Waals surface area (Å²) in [5.74, 6) is 1.91. The second kappa shape index (κ2) is 17.4. The second-order valence-electron chi connectivity index (χ2n) is 19.6. The van der Waals surface area contributed by atoms with Gasteiger partial charge in [0.1, 0.15) is 17.2 Å². The average molecular weight is 907 g/mol. The number of hydrogen-bond acceptors (Lipinski definition) is 11. The van der Waals surface area contributed by atoms with Crippen molar-refractivity contribution in [2.75, 3.05) is 45.9 Å². The maximum atomic E-state index is 12.6. The van der Waals surface area contributed by atoms with E-state index in [1.54, 1.807) is 19.2 Å². The molecule has 6 aliphatic rings. The van der Waals surface area contributed by atoms with Gasteiger partial charge in [-0.15, -0.1) is 0 Å². The van der Waals surface area contributed by atoms with E-state index in [-0.39, 0.29) is 48.4 Å². The lowest BCUT2D eigenvalue weighted by Crippen LogP contribution is -2.51. The molecule has 0 spiro atoms. The maximum absolute atomic E-state index is 12.6.